The van der Waals surface area contributed by atoms with Gasteiger partial charge in [-0.15, -0.1) is 0 Å². The molecule has 1 fully saturated rings. The summed E-state index contributed by atoms with van der Waals surface area (Å²) in [6, 6.07) is 5.38. The van der Waals surface area contributed by atoms with Gasteiger partial charge in [0.25, 0.3) is 0 Å². The number of hydrogen-bond donors (Lipinski definition) is 0. The summed E-state index contributed by atoms with van der Waals surface area (Å²) >= 11 is 0. The van der Waals surface area contributed by atoms with Crippen LogP contribution in [-0.4, -0.2) is 47.0 Å². The molecule has 8 heteroatoms. The Kier molecular flexibility index (Phi) is 6.00. The second kappa shape index (κ2) is 7.55. The molecule has 0 amide bonds. The summed E-state index contributed by atoms with van der Waals surface area (Å²) in [7, 11) is -2.87. The number of carbonyl (C=O) groups excluding carboxylic acids is 1. The number of alkyl halides is 3. The lowest BCUT2D eigenvalue weighted by Crippen LogP contribution is -2.44. The number of Topliss-reactive ketones (excluding diaryl/α,β-unsaturated/α-hetero) is 1. The fourth-order valence-electron chi connectivity index (χ4n) is 7.52. The summed E-state index contributed by atoms with van der Waals surface area (Å²) in [5.41, 5.74) is 0.917. The van der Waals surface area contributed by atoms with E-state index in [9.17, 15) is 18.0 Å². The highest BCUT2D eigenvalue weighted by Crippen LogP contribution is 3.00. The predicted molar refractivity (Wildman–Crippen MR) is 133 cm³/mol. The van der Waals surface area contributed by atoms with Gasteiger partial charge in [0.15, 0.2) is 5.78 Å². The Balaban J connectivity index is 2.48. The molecule has 3 unspecified atom stereocenters. The number of hydrogen-bond acceptors (Lipinski definition) is 3. The number of methoxy groups -OCH3 is 1. The van der Waals surface area contributed by atoms with Crippen LogP contribution in [0.25, 0.3) is 0 Å². The predicted octanol–water partition coefficient (Wildman–Crippen LogP) is 6.92. The van der Waals surface area contributed by atoms with Crippen molar-refractivity contribution in [2.75, 3.05) is 20.2 Å². The van der Waals surface area contributed by atoms with Crippen molar-refractivity contribution >= 4 is 21.9 Å². The number of fused-ring (bicyclic) bond motifs is 1. The van der Waals surface area contributed by atoms with E-state index in [0.717, 1.165) is 36.5 Å². The van der Waals surface area contributed by atoms with E-state index in [-0.39, 0.29) is 5.78 Å². The smallest absolute Gasteiger partial charge is 0.375 e. The number of ether oxygens (including phenoxy) is 1. The molecule has 0 saturated heterocycles. The van der Waals surface area contributed by atoms with Crippen LogP contribution in [0.1, 0.15) is 31.9 Å². The van der Waals surface area contributed by atoms with Crippen LogP contribution >= 0.6 is 0 Å². The third kappa shape index (κ3) is 2.80. The zero-order valence-electron chi connectivity index (χ0n) is 21.6. The highest BCUT2D eigenvalue weighted by molar-refractivity contribution is 6.93. The molecule has 1 saturated carbocycles. The van der Waals surface area contributed by atoms with Gasteiger partial charge in [-0.3, -0.25) is 4.79 Å². The van der Waals surface area contributed by atoms with Gasteiger partial charge < -0.3 is 9.64 Å². The first-order chi connectivity index (χ1) is 15.0. The normalized spacial score (nSPS) is 30.0. The molecule has 0 radical (unpaired) electrons. The topological polar surface area (TPSA) is 29.5 Å². The monoisotopic (exact) mass is 497 g/mol. The maximum absolute atomic E-state index is 14.4. The molecular formula is C25H38F3NO2Si2. The molecule has 0 N–H and O–H groups in total. The van der Waals surface area contributed by atoms with Gasteiger partial charge >= 0.3 is 6.18 Å². The fourth-order valence-corrected chi connectivity index (χ4v) is 17.5. The second-order valence-electron chi connectivity index (χ2n) is 11.4. The molecule has 0 aliphatic heterocycles. The van der Waals surface area contributed by atoms with Gasteiger partial charge in [-0.2, -0.15) is 13.2 Å². The van der Waals surface area contributed by atoms with Crippen molar-refractivity contribution in [2.24, 2.45) is 0 Å². The average Bonchev–Trinajstić information content (AvgIpc) is 3.23. The van der Waals surface area contributed by atoms with Crippen LogP contribution < -0.4 is 0 Å². The van der Waals surface area contributed by atoms with Gasteiger partial charge in [-0.25, -0.2) is 0 Å². The lowest BCUT2D eigenvalue weighted by atomic mass is 9.95. The van der Waals surface area contributed by atoms with Crippen LogP contribution in [0.3, 0.4) is 0 Å². The number of carbonyl (C=O) groups is 1. The quantitative estimate of drug-likeness (QED) is 0.383. The second-order valence-corrected chi connectivity index (χ2v) is 21.9. The van der Waals surface area contributed by atoms with Crippen LogP contribution in [0.15, 0.2) is 35.5 Å². The van der Waals surface area contributed by atoms with Crippen LogP contribution in [-0.2, 0) is 21.3 Å². The van der Waals surface area contributed by atoms with Crippen molar-refractivity contribution in [1.82, 2.24) is 4.90 Å². The number of halogens is 3. The van der Waals surface area contributed by atoms with Crippen molar-refractivity contribution in [2.45, 2.75) is 81.9 Å². The Labute approximate surface area is 198 Å². The standard InChI is InChI=1S/C25H38F3NO2Si2/c1-11-29(12-2)20-17(3)21(30)24(33(8,9)10)22(31-4,23(20,24)32(5,6)7)18-13-15-19(16-14-18)25(26,27)28/h13-16H,11-12H2,1-10H3. The van der Waals surface area contributed by atoms with Crippen molar-refractivity contribution in [3.8, 4) is 0 Å². The van der Waals surface area contributed by atoms with E-state index in [1.54, 1.807) is 19.2 Å². The molecule has 1 aromatic carbocycles. The zero-order chi connectivity index (χ0) is 25.4. The third-order valence-corrected chi connectivity index (χ3v) is 14.9. The molecule has 3 atom stereocenters. The SMILES string of the molecule is CCN(CC)C1=C(C)C(=O)C2([Si](C)(C)C)C(OC)(c3ccc(C(F)(F)F)cc3)C12[Si](C)(C)C. The summed E-state index contributed by atoms with van der Waals surface area (Å²) in [4.78, 5) is 16.7. The van der Waals surface area contributed by atoms with Crippen molar-refractivity contribution in [1.29, 1.82) is 0 Å². The zero-order valence-corrected chi connectivity index (χ0v) is 23.6. The van der Waals surface area contributed by atoms with Crippen LogP contribution in [0.5, 0.6) is 0 Å². The van der Waals surface area contributed by atoms with E-state index in [1.165, 1.54) is 0 Å². The summed E-state index contributed by atoms with van der Waals surface area (Å²) in [6.07, 6.45) is -4.41. The molecule has 0 bridgehead atoms. The summed E-state index contributed by atoms with van der Waals surface area (Å²) in [5.74, 6) is 0.132. The Bertz CT molecular complexity index is 987. The van der Waals surface area contributed by atoms with Crippen molar-refractivity contribution < 1.29 is 22.7 Å². The van der Waals surface area contributed by atoms with Crippen molar-refractivity contribution in [3.63, 3.8) is 0 Å². The minimum absolute atomic E-state index is 0.132. The lowest BCUT2D eigenvalue weighted by Gasteiger charge is -2.41. The van der Waals surface area contributed by atoms with E-state index < -0.39 is 43.6 Å². The number of rotatable bonds is 7. The molecule has 0 aromatic heterocycles. The molecule has 0 spiro atoms. The minimum Gasteiger partial charge on any atom is -0.375 e. The van der Waals surface area contributed by atoms with E-state index in [4.69, 9.17) is 4.74 Å². The molecule has 3 rings (SSSR count). The molecule has 33 heavy (non-hydrogen) atoms. The number of allylic oxidation sites excluding steroid dienone is 1. The van der Waals surface area contributed by atoms with E-state index in [0.29, 0.717) is 5.56 Å². The Morgan fingerprint density at radius 3 is 1.70 bits per heavy atom. The van der Waals surface area contributed by atoms with Crippen molar-refractivity contribution in [3.05, 3.63) is 46.7 Å². The van der Waals surface area contributed by atoms with Gasteiger partial charge in [0.05, 0.1) is 31.8 Å². The van der Waals surface area contributed by atoms with Gasteiger partial charge in [0.1, 0.15) is 5.60 Å². The van der Waals surface area contributed by atoms with Gasteiger partial charge in [0.2, 0.25) is 0 Å². The molecule has 184 valence electrons. The van der Waals surface area contributed by atoms with E-state index >= 15 is 0 Å². The molecule has 0 heterocycles. The summed E-state index contributed by atoms with van der Waals surface area (Å²) in [5, 5.41) is -1.30. The molecular weight excluding hydrogens is 459 g/mol. The number of ketones is 1. The minimum atomic E-state index is -4.41. The largest absolute Gasteiger partial charge is 0.416 e. The highest BCUT2D eigenvalue weighted by Gasteiger charge is 3.00. The third-order valence-electron chi connectivity index (χ3n) is 8.20. The fraction of sp³-hybridized carbons (Fsp3) is 0.640. The van der Waals surface area contributed by atoms with Crippen LogP contribution in [0.2, 0.25) is 49.4 Å². The highest BCUT2D eigenvalue weighted by atomic mass is 28.3. The maximum Gasteiger partial charge on any atom is 0.416 e. The Morgan fingerprint density at radius 2 is 1.36 bits per heavy atom. The van der Waals surface area contributed by atoms with Gasteiger partial charge in [-0.1, -0.05) is 51.4 Å². The van der Waals surface area contributed by atoms with Crippen LogP contribution in [0, 0.1) is 0 Å². The average molecular weight is 498 g/mol. The molecule has 3 nitrogen and oxygen atoms in total. The first-order valence-corrected chi connectivity index (χ1v) is 18.7. The molecule has 2 aliphatic carbocycles. The lowest BCUT2D eigenvalue weighted by molar-refractivity contribution is -0.137. The first-order valence-electron chi connectivity index (χ1n) is 11.7. The van der Waals surface area contributed by atoms with E-state index in [2.05, 4.69) is 58.0 Å². The maximum atomic E-state index is 14.4. The van der Waals surface area contributed by atoms with Crippen LogP contribution in [0.4, 0.5) is 13.2 Å². The van der Waals surface area contributed by atoms with Gasteiger partial charge in [0, 0.05) is 31.5 Å². The summed E-state index contributed by atoms with van der Waals surface area (Å²) < 4.78 is 46.6. The van der Waals surface area contributed by atoms with Gasteiger partial charge in [-0.05, 0) is 38.5 Å². The first kappa shape index (κ1) is 26.2. The van der Waals surface area contributed by atoms with E-state index in [1.807, 2.05) is 6.92 Å². The summed E-state index contributed by atoms with van der Waals surface area (Å²) in [6.45, 7) is 21.1. The molecule has 2 aliphatic rings. The Morgan fingerprint density at radius 1 is 0.909 bits per heavy atom. The molecule has 1 aromatic rings. The number of nitrogens with zero attached hydrogens (tertiary/aromatic N) is 1. The number of benzene rings is 1. The Hall–Kier alpha value is -1.39.